The van der Waals surface area contributed by atoms with Gasteiger partial charge in [-0.3, -0.25) is 0 Å². The monoisotopic (exact) mass is 413 g/mol. The number of sulfonamides is 1. The zero-order valence-electron chi connectivity index (χ0n) is 16.1. The van der Waals surface area contributed by atoms with Gasteiger partial charge >= 0.3 is 5.97 Å². The maximum atomic E-state index is 12.7. The fourth-order valence-electron chi connectivity index (χ4n) is 2.93. The molecule has 0 unspecified atom stereocenters. The van der Waals surface area contributed by atoms with Crippen LogP contribution in [0.4, 0.5) is 0 Å². The van der Waals surface area contributed by atoms with Gasteiger partial charge in [0.25, 0.3) is 0 Å². The van der Waals surface area contributed by atoms with Crippen molar-refractivity contribution in [1.82, 2.24) is 4.72 Å². The van der Waals surface area contributed by atoms with Crippen LogP contribution in [0.15, 0.2) is 71.6 Å². The van der Waals surface area contributed by atoms with Crippen LogP contribution in [0.5, 0.6) is 5.75 Å². The average Bonchev–Trinajstić information content (AvgIpc) is 2.73. The Morgan fingerprint density at radius 3 is 2.45 bits per heavy atom. The van der Waals surface area contributed by atoms with Gasteiger partial charge in [0.05, 0.1) is 11.5 Å². The first-order valence-corrected chi connectivity index (χ1v) is 10.8. The number of benzene rings is 3. The molecule has 3 aromatic rings. The van der Waals surface area contributed by atoms with E-state index in [0.717, 1.165) is 10.9 Å². The van der Waals surface area contributed by atoms with Crippen molar-refractivity contribution in [3.8, 4) is 5.75 Å². The summed E-state index contributed by atoms with van der Waals surface area (Å²) in [5.74, 6) is 0.137. The number of hydrogen-bond donors (Lipinski definition) is 1. The lowest BCUT2D eigenvalue weighted by molar-refractivity contribution is -0.145. The predicted molar refractivity (Wildman–Crippen MR) is 111 cm³/mol. The van der Waals surface area contributed by atoms with Crippen LogP contribution in [-0.2, 0) is 26.0 Å². The fourth-order valence-corrected chi connectivity index (χ4v) is 4.19. The van der Waals surface area contributed by atoms with Crippen molar-refractivity contribution in [1.29, 1.82) is 0 Å². The second kappa shape index (κ2) is 9.54. The van der Waals surface area contributed by atoms with Crippen LogP contribution >= 0.6 is 0 Å². The van der Waals surface area contributed by atoms with Crippen molar-refractivity contribution in [2.45, 2.75) is 18.2 Å². The Labute approximate surface area is 170 Å². The van der Waals surface area contributed by atoms with Gasteiger partial charge in [-0.2, -0.15) is 0 Å². The van der Waals surface area contributed by atoms with E-state index in [2.05, 4.69) is 4.72 Å². The molecule has 0 spiro atoms. The molecule has 0 aromatic heterocycles. The summed E-state index contributed by atoms with van der Waals surface area (Å²) in [6, 6.07) is 19.8. The fraction of sp³-hybridized carbons (Fsp3) is 0.227. The summed E-state index contributed by atoms with van der Waals surface area (Å²) in [6.07, 6.45) is 0.530. The molecule has 152 valence electrons. The molecule has 7 heteroatoms. The second-order valence-electron chi connectivity index (χ2n) is 6.36. The first-order chi connectivity index (χ1) is 14.0. The summed E-state index contributed by atoms with van der Waals surface area (Å²) in [5.41, 5.74) is 0.953. The van der Waals surface area contributed by atoms with E-state index in [4.69, 9.17) is 9.47 Å². The largest absolute Gasteiger partial charge is 0.482 e. The normalized spacial score (nSPS) is 11.3. The molecule has 3 rings (SSSR count). The van der Waals surface area contributed by atoms with Gasteiger partial charge in [0, 0.05) is 11.9 Å². The van der Waals surface area contributed by atoms with Crippen LogP contribution in [0, 0.1) is 0 Å². The molecule has 0 atom stereocenters. The summed E-state index contributed by atoms with van der Waals surface area (Å²) in [6.45, 7) is 2.18. The third-order valence-corrected chi connectivity index (χ3v) is 5.85. The minimum absolute atomic E-state index is 0.141. The second-order valence-corrected chi connectivity index (χ2v) is 8.10. The van der Waals surface area contributed by atoms with E-state index < -0.39 is 16.0 Å². The molecule has 0 fully saturated rings. The smallest absolute Gasteiger partial charge is 0.344 e. The highest BCUT2D eigenvalue weighted by Gasteiger charge is 2.16. The van der Waals surface area contributed by atoms with Crippen LogP contribution in [0.25, 0.3) is 10.8 Å². The van der Waals surface area contributed by atoms with Crippen LogP contribution in [-0.4, -0.2) is 34.1 Å². The molecule has 3 aromatic carbocycles. The van der Waals surface area contributed by atoms with E-state index in [1.807, 2.05) is 36.4 Å². The Morgan fingerprint density at radius 2 is 1.69 bits per heavy atom. The molecule has 6 nitrogen and oxygen atoms in total. The Kier molecular flexibility index (Phi) is 6.85. The van der Waals surface area contributed by atoms with Gasteiger partial charge in [-0.15, -0.1) is 0 Å². The molecule has 0 amide bonds. The number of fused-ring (bicyclic) bond motifs is 1. The zero-order valence-corrected chi connectivity index (χ0v) is 16.9. The molecule has 0 bridgehead atoms. The summed E-state index contributed by atoms with van der Waals surface area (Å²) < 4.78 is 38.3. The Hall–Kier alpha value is -2.90. The highest BCUT2D eigenvalue weighted by Crippen LogP contribution is 2.22. The number of carbonyl (C=O) groups excluding carboxylic acids is 1. The standard InChI is InChI=1S/C22H23NO5S/c1-2-27-22(24)16-28-19-12-10-17(11-13-19)14-15-23-29(25,26)21-9-5-7-18-6-3-4-8-20(18)21/h3-13,23H,2,14-16H2,1H3. The maximum absolute atomic E-state index is 12.7. The van der Waals surface area contributed by atoms with Crippen LogP contribution < -0.4 is 9.46 Å². The van der Waals surface area contributed by atoms with Gasteiger partial charge < -0.3 is 9.47 Å². The SMILES string of the molecule is CCOC(=O)COc1ccc(CCNS(=O)(=O)c2cccc3ccccc23)cc1. The van der Waals surface area contributed by atoms with Gasteiger partial charge in [-0.25, -0.2) is 17.9 Å². The predicted octanol–water partition coefficient (Wildman–Crippen LogP) is 3.30. The van der Waals surface area contributed by atoms with E-state index in [9.17, 15) is 13.2 Å². The van der Waals surface area contributed by atoms with Gasteiger partial charge in [0.1, 0.15) is 5.75 Å². The van der Waals surface area contributed by atoms with Gasteiger partial charge in [0.2, 0.25) is 10.0 Å². The van der Waals surface area contributed by atoms with E-state index in [1.165, 1.54) is 0 Å². The minimum atomic E-state index is -3.61. The lowest BCUT2D eigenvalue weighted by Crippen LogP contribution is -2.26. The highest BCUT2D eigenvalue weighted by atomic mass is 32.2. The molecule has 0 radical (unpaired) electrons. The van der Waals surface area contributed by atoms with Crippen LogP contribution in [0.3, 0.4) is 0 Å². The molecule has 0 saturated heterocycles. The van der Waals surface area contributed by atoms with Crippen molar-refractivity contribution in [2.75, 3.05) is 19.8 Å². The van der Waals surface area contributed by atoms with Gasteiger partial charge in [0.15, 0.2) is 6.61 Å². The minimum Gasteiger partial charge on any atom is -0.482 e. The highest BCUT2D eigenvalue weighted by molar-refractivity contribution is 7.89. The van der Waals surface area contributed by atoms with E-state index in [-0.39, 0.29) is 18.0 Å². The molecule has 0 aliphatic carbocycles. The molecule has 29 heavy (non-hydrogen) atoms. The maximum Gasteiger partial charge on any atom is 0.344 e. The molecule has 1 N–H and O–H groups in total. The lowest BCUT2D eigenvalue weighted by Gasteiger charge is -2.10. The van der Waals surface area contributed by atoms with E-state index in [0.29, 0.717) is 24.2 Å². The molecule has 0 aliphatic heterocycles. The van der Waals surface area contributed by atoms with Crippen LogP contribution in [0.2, 0.25) is 0 Å². The van der Waals surface area contributed by atoms with Gasteiger partial charge in [-0.05, 0) is 42.5 Å². The number of rotatable bonds is 9. The molecular weight excluding hydrogens is 390 g/mol. The summed E-state index contributed by atoms with van der Waals surface area (Å²) in [4.78, 5) is 11.6. The number of esters is 1. The summed E-state index contributed by atoms with van der Waals surface area (Å²) in [7, 11) is -3.61. The van der Waals surface area contributed by atoms with E-state index >= 15 is 0 Å². The van der Waals surface area contributed by atoms with Crippen molar-refractivity contribution < 1.29 is 22.7 Å². The Morgan fingerprint density at radius 1 is 0.966 bits per heavy atom. The van der Waals surface area contributed by atoms with E-state index in [1.54, 1.807) is 37.3 Å². The lowest BCUT2D eigenvalue weighted by atomic mass is 10.1. The number of hydrogen-bond acceptors (Lipinski definition) is 5. The summed E-state index contributed by atoms with van der Waals surface area (Å²) >= 11 is 0. The van der Waals surface area contributed by atoms with Crippen molar-refractivity contribution in [3.63, 3.8) is 0 Å². The van der Waals surface area contributed by atoms with Crippen LogP contribution in [0.1, 0.15) is 12.5 Å². The van der Waals surface area contributed by atoms with Crippen molar-refractivity contribution in [3.05, 3.63) is 72.3 Å². The number of ether oxygens (including phenoxy) is 2. The molecule has 0 aliphatic rings. The van der Waals surface area contributed by atoms with Crippen molar-refractivity contribution in [2.24, 2.45) is 0 Å². The topological polar surface area (TPSA) is 81.7 Å². The molecular formula is C22H23NO5S. The molecule has 0 saturated carbocycles. The van der Waals surface area contributed by atoms with Gasteiger partial charge in [-0.1, -0.05) is 48.5 Å². The Bertz CT molecular complexity index is 1070. The number of carbonyl (C=O) groups is 1. The summed E-state index contributed by atoms with van der Waals surface area (Å²) in [5, 5.41) is 1.58. The number of nitrogens with one attached hydrogen (secondary N) is 1. The average molecular weight is 413 g/mol. The Balaban J connectivity index is 1.57. The third kappa shape index (κ3) is 5.56. The molecule has 0 heterocycles. The first kappa shape index (κ1) is 20.8. The van der Waals surface area contributed by atoms with Crippen molar-refractivity contribution >= 4 is 26.8 Å². The first-order valence-electron chi connectivity index (χ1n) is 9.34. The quantitative estimate of drug-likeness (QED) is 0.545. The zero-order chi connectivity index (χ0) is 20.7. The third-order valence-electron chi connectivity index (χ3n) is 4.33.